The number of phosphoric acid groups is 1. The highest BCUT2D eigenvalue weighted by molar-refractivity contribution is 7.47. The lowest BCUT2D eigenvalue weighted by molar-refractivity contribution is -0.870. The smallest absolute Gasteiger partial charge is 0.457 e. The van der Waals surface area contributed by atoms with Crippen molar-refractivity contribution in [1.29, 1.82) is 0 Å². The van der Waals surface area contributed by atoms with Gasteiger partial charge in [-0.25, -0.2) is 9.36 Å². The number of carbonyl (C=O) groups excluding carboxylic acids is 1. The molecule has 0 heterocycles. The van der Waals surface area contributed by atoms with Crippen LogP contribution in [0.2, 0.25) is 0 Å². The van der Waals surface area contributed by atoms with Gasteiger partial charge in [0.15, 0.2) is 0 Å². The molecule has 0 bridgehead atoms. The molecule has 136 valence electrons. The Morgan fingerprint density at radius 3 is 2.39 bits per heavy atom. The zero-order chi connectivity index (χ0) is 18.1. The summed E-state index contributed by atoms with van der Waals surface area (Å²) < 4.78 is 27.6. The van der Waals surface area contributed by atoms with Gasteiger partial charge in [-0.05, 0) is 19.8 Å². The largest absolute Gasteiger partial charge is 0.472 e. The summed E-state index contributed by atoms with van der Waals surface area (Å²) in [6.07, 6.45) is 1.68. The third kappa shape index (κ3) is 12.4. The van der Waals surface area contributed by atoms with Crippen LogP contribution in [0.1, 0.15) is 33.1 Å². The minimum Gasteiger partial charge on any atom is -0.457 e. The first-order valence-electron chi connectivity index (χ1n) is 7.75. The molecule has 0 aromatic heterocycles. The van der Waals surface area contributed by atoms with E-state index in [2.05, 4.69) is 6.58 Å². The van der Waals surface area contributed by atoms with Gasteiger partial charge in [0.1, 0.15) is 19.3 Å². The van der Waals surface area contributed by atoms with Crippen molar-refractivity contribution in [1.82, 2.24) is 0 Å². The molecule has 0 aromatic carbocycles. The molecular formula is C15H31NO6P+. The van der Waals surface area contributed by atoms with Gasteiger partial charge in [0.2, 0.25) is 0 Å². The first-order chi connectivity index (χ1) is 10.5. The molecule has 0 aliphatic rings. The fourth-order valence-corrected chi connectivity index (χ4v) is 2.25. The first kappa shape index (κ1) is 22.3. The van der Waals surface area contributed by atoms with E-state index in [1.54, 1.807) is 6.92 Å². The molecule has 0 spiro atoms. The SMILES string of the molecule is C=C(C)C(=O)OC(CCCC)COP(=O)(O)OCC[N+](C)(C)C. The van der Waals surface area contributed by atoms with Crippen LogP contribution in [0.25, 0.3) is 0 Å². The maximum Gasteiger partial charge on any atom is 0.472 e. The van der Waals surface area contributed by atoms with E-state index in [1.165, 1.54) is 0 Å². The minimum absolute atomic E-state index is 0.0997. The lowest BCUT2D eigenvalue weighted by Gasteiger charge is -2.24. The van der Waals surface area contributed by atoms with Gasteiger partial charge in [-0.1, -0.05) is 19.9 Å². The van der Waals surface area contributed by atoms with Crippen molar-refractivity contribution in [3.05, 3.63) is 12.2 Å². The molecule has 0 aromatic rings. The van der Waals surface area contributed by atoms with Crippen molar-refractivity contribution >= 4 is 13.8 Å². The molecule has 0 aliphatic carbocycles. The molecule has 23 heavy (non-hydrogen) atoms. The number of unbranched alkanes of at least 4 members (excludes halogenated alkanes) is 1. The highest BCUT2D eigenvalue weighted by Crippen LogP contribution is 2.43. The van der Waals surface area contributed by atoms with E-state index >= 15 is 0 Å². The van der Waals surface area contributed by atoms with Gasteiger partial charge in [-0.3, -0.25) is 9.05 Å². The quantitative estimate of drug-likeness (QED) is 0.251. The molecule has 0 saturated carbocycles. The third-order valence-electron chi connectivity index (χ3n) is 2.94. The second-order valence-corrected chi connectivity index (χ2v) is 8.01. The zero-order valence-electron chi connectivity index (χ0n) is 14.9. The number of esters is 1. The number of rotatable bonds is 12. The molecule has 0 fully saturated rings. The summed E-state index contributed by atoms with van der Waals surface area (Å²) in [6.45, 7) is 7.55. The number of nitrogens with zero attached hydrogens (tertiary/aromatic N) is 1. The number of hydrogen-bond acceptors (Lipinski definition) is 5. The van der Waals surface area contributed by atoms with Crippen LogP contribution < -0.4 is 0 Å². The van der Waals surface area contributed by atoms with Gasteiger partial charge < -0.3 is 14.1 Å². The number of phosphoric ester groups is 1. The van der Waals surface area contributed by atoms with Gasteiger partial charge in [0.05, 0.1) is 27.7 Å². The minimum atomic E-state index is -4.16. The van der Waals surface area contributed by atoms with Crippen LogP contribution in [-0.2, 0) is 23.1 Å². The summed E-state index contributed by atoms with van der Waals surface area (Å²) in [5.74, 6) is -0.534. The average molecular weight is 352 g/mol. The number of quaternary nitrogens is 1. The van der Waals surface area contributed by atoms with Gasteiger partial charge in [-0.15, -0.1) is 0 Å². The summed E-state index contributed by atoms with van der Waals surface area (Å²) >= 11 is 0. The predicted octanol–water partition coefficient (Wildman–Crippen LogP) is 2.50. The standard InChI is InChI=1S/C15H30NO6P/c1-7-8-9-14(22-15(17)13(2)3)12-21-23(18,19)20-11-10-16(4,5)6/h14H,2,7-12H2,1,3-6H3/p+1. The van der Waals surface area contributed by atoms with Gasteiger partial charge in [-0.2, -0.15) is 0 Å². The molecule has 0 saturated heterocycles. The summed E-state index contributed by atoms with van der Waals surface area (Å²) in [4.78, 5) is 21.3. The van der Waals surface area contributed by atoms with Crippen molar-refractivity contribution in [2.45, 2.75) is 39.2 Å². The van der Waals surface area contributed by atoms with Gasteiger partial charge in [0.25, 0.3) is 0 Å². The maximum atomic E-state index is 11.8. The first-order valence-corrected chi connectivity index (χ1v) is 9.25. The summed E-state index contributed by atoms with van der Waals surface area (Å²) in [6, 6.07) is 0. The molecule has 8 heteroatoms. The fourth-order valence-electron chi connectivity index (χ4n) is 1.50. The summed E-state index contributed by atoms with van der Waals surface area (Å²) in [5.41, 5.74) is 0.276. The molecule has 0 amide bonds. The Morgan fingerprint density at radius 2 is 1.91 bits per heavy atom. The van der Waals surface area contributed by atoms with Crippen molar-refractivity contribution in [3.8, 4) is 0 Å². The van der Waals surface area contributed by atoms with E-state index < -0.39 is 19.9 Å². The van der Waals surface area contributed by atoms with Crippen LogP contribution in [-0.4, -0.2) is 62.4 Å². The van der Waals surface area contributed by atoms with Gasteiger partial charge in [0, 0.05) is 5.57 Å². The van der Waals surface area contributed by atoms with E-state index in [9.17, 15) is 14.3 Å². The number of likely N-dealkylation sites (N-methyl/N-ethyl adjacent to an activating group) is 1. The monoisotopic (exact) mass is 352 g/mol. The lowest BCUT2D eigenvalue weighted by atomic mass is 10.2. The Morgan fingerprint density at radius 1 is 1.30 bits per heavy atom. The molecule has 0 aliphatic heterocycles. The Hall–Kier alpha value is -0.720. The molecule has 0 radical (unpaired) electrons. The Bertz CT molecular complexity index is 432. The van der Waals surface area contributed by atoms with E-state index in [4.69, 9.17) is 13.8 Å². The molecule has 1 N–H and O–H groups in total. The summed E-state index contributed by atoms with van der Waals surface area (Å²) in [7, 11) is 1.69. The van der Waals surface area contributed by atoms with Crippen LogP contribution in [0.4, 0.5) is 0 Å². The van der Waals surface area contributed by atoms with Crippen LogP contribution in [0.15, 0.2) is 12.2 Å². The molecule has 7 nitrogen and oxygen atoms in total. The topological polar surface area (TPSA) is 82.1 Å². The van der Waals surface area contributed by atoms with Crippen molar-refractivity contribution in [2.75, 3.05) is 40.9 Å². The van der Waals surface area contributed by atoms with E-state index in [1.807, 2.05) is 28.1 Å². The number of carbonyl (C=O) groups is 1. The summed E-state index contributed by atoms with van der Waals surface area (Å²) in [5, 5.41) is 0. The highest BCUT2D eigenvalue weighted by Gasteiger charge is 2.25. The molecule has 0 rings (SSSR count). The van der Waals surface area contributed by atoms with Crippen molar-refractivity contribution < 1.29 is 32.5 Å². The second-order valence-electron chi connectivity index (χ2n) is 6.56. The maximum absolute atomic E-state index is 11.8. The van der Waals surface area contributed by atoms with Crippen LogP contribution in [0.5, 0.6) is 0 Å². The Kier molecular flexibility index (Phi) is 9.89. The van der Waals surface area contributed by atoms with Gasteiger partial charge >= 0.3 is 13.8 Å². The van der Waals surface area contributed by atoms with E-state index in [-0.39, 0.29) is 18.8 Å². The van der Waals surface area contributed by atoms with E-state index in [0.29, 0.717) is 17.4 Å². The molecular weight excluding hydrogens is 321 g/mol. The average Bonchev–Trinajstić information content (AvgIpc) is 2.39. The van der Waals surface area contributed by atoms with Crippen LogP contribution >= 0.6 is 7.82 Å². The molecule has 2 unspecified atom stereocenters. The van der Waals surface area contributed by atoms with Crippen molar-refractivity contribution in [3.63, 3.8) is 0 Å². The Labute approximate surface area is 139 Å². The third-order valence-corrected chi connectivity index (χ3v) is 3.93. The zero-order valence-corrected chi connectivity index (χ0v) is 15.8. The highest BCUT2D eigenvalue weighted by atomic mass is 31.2. The second kappa shape index (κ2) is 10.2. The number of hydrogen-bond donors (Lipinski definition) is 1. The number of ether oxygens (including phenoxy) is 1. The van der Waals surface area contributed by atoms with Crippen LogP contribution in [0.3, 0.4) is 0 Å². The predicted molar refractivity (Wildman–Crippen MR) is 88.8 cm³/mol. The molecule has 2 atom stereocenters. The van der Waals surface area contributed by atoms with Crippen LogP contribution in [0, 0.1) is 0 Å². The Balaban J connectivity index is 4.42. The lowest BCUT2D eigenvalue weighted by Crippen LogP contribution is -2.37. The van der Waals surface area contributed by atoms with E-state index in [0.717, 1.165) is 12.8 Å². The normalized spacial score (nSPS) is 15.7. The fraction of sp³-hybridized carbons (Fsp3) is 0.800. The van der Waals surface area contributed by atoms with Crippen molar-refractivity contribution in [2.24, 2.45) is 0 Å².